The fourth-order valence-electron chi connectivity index (χ4n) is 2.22. The Morgan fingerprint density at radius 1 is 1.50 bits per heavy atom. The Balaban J connectivity index is 2.02. The molecule has 1 amide bonds. The fourth-order valence-corrected chi connectivity index (χ4v) is 2.22. The lowest BCUT2D eigenvalue weighted by atomic mass is 10.1. The zero-order valence-corrected chi connectivity index (χ0v) is 11.4. The van der Waals surface area contributed by atoms with Crippen LogP contribution in [0.3, 0.4) is 0 Å². The first kappa shape index (κ1) is 14.5. The van der Waals surface area contributed by atoms with Gasteiger partial charge in [-0.05, 0) is 31.4 Å². The van der Waals surface area contributed by atoms with E-state index in [2.05, 4.69) is 4.98 Å². The third-order valence-electron chi connectivity index (χ3n) is 3.32. The molecular weight excluding hydrogens is 260 g/mol. The van der Waals surface area contributed by atoms with E-state index in [1.165, 1.54) is 23.2 Å². The van der Waals surface area contributed by atoms with Gasteiger partial charge < -0.3 is 14.7 Å². The number of nitrogens with zero attached hydrogens (tertiary/aromatic N) is 2. The van der Waals surface area contributed by atoms with Gasteiger partial charge in [0.1, 0.15) is 5.69 Å². The minimum atomic E-state index is -1.07. The summed E-state index contributed by atoms with van der Waals surface area (Å²) in [4.78, 5) is 28.6. The summed E-state index contributed by atoms with van der Waals surface area (Å²) in [6.07, 6.45) is 4.51. The van der Waals surface area contributed by atoms with Gasteiger partial charge in [-0.25, -0.2) is 4.79 Å². The normalized spacial score (nSPS) is 18.6. The SMILES string of the molecule is CN(CC1CCCCO1)C(=O)c1cc(C(=O)O)ccn1. The molecule has 1 N–H and O–H groups in total. The van der Waals surface area contributed by atoms with Crippen LogP contribution in [0.5, 0.6) is 0 Å². The number of carboxylic acids is 1. The predicted molar refractivity (Wildman–Crippen MR) is 71.7 cm³/mol. The first-order valence-corrected chi connectivity index (χ1v) is 6.64. The van der Waals surface area contributed by atoms with Gasteiger partial charge in [-0.3, -0.25) is 9.78 Å². The van der Waals surface area contributed by atoms with Crippen molar-refractivity contribution in [2.75, 3.05) is 20.2 Å². The number of aromatic nitrogens is 1. The molecule has 2 heterocycles. The Morgan fingerprint density at radius 3 is 2.95 bits per heavy atom. The summed E-state index contributed by atoms with van der Waals surface area (Å²) in [6, 6.07) is 2.66. The third-order valence-corrected chi connectivity index (χ3v) is 3.32. The van der Waals surface area contributed by atoms with Gasteiger partial charge in [0.05, 0.1) is 11.7 Å². The Kier molecular flexibility index (Phi) is 4.68. The fraction of sp³-hybridized carbons (Fsp3) is 0.500. The van der Waals surface area contributed by atoms with Gasteiger partial charge in [0.15, 0.2) is 0 Å². The number of carbonyl (C=O) groups is 2. The van der Waals surface area contributed by atoms with Gasteiger partial charge in [0.25, 0.3) is 5.91 Å². The molecule has 1 saturated heterocycles. The minimum Gasteiger partial charge on any atom is -0.478 e. The Hall–Kier alpha value is -1.95. The molecule has 1 fully saturated rings. The van der Waals surface area contributed by atoms with E-state index in [1.807, 2.05) is 0 Å². The number of hydrogen-bond acceptors (Lipinski definition) is 4. The van der Waals surface area contributed by atoms with Crippen molar-refractivity contribution in [2.45, 2.75) is 25.4 Å². The van der Waals surface area contributed by atoms with Crippen LogP contribution in [0.25, 0.3) is 0 Å². The molecule has 0 aliphatic carbocycles. The highest BCUT2D eigenvalue weighted by atomic mass is 16.5. The van der Waals surface area contributed by atoms with E-state index in [0.717, 1.165) is 25.9 Å². The second-order valence-electron chi connectivity index (χ2n) is 4.91. The summed E-state index contributed by atoms with van der Waals surface area (Å²) in [5, 5.41) is 8.92. The van der Waals surface area contributed by atoms with Crippen molar-refractivity contribution in [3.63, 3.8) is 0 Å². The van der Waals surface area contributed by atoms with Crippen molar-refractivity contribution in [1.82, 2.24) is 9.88 Å². The van der Waals surface area contributed by atoms with E-state index in [-0.39, 0.29) is 23.3 Å². The largest absolute Gasteiger partial charge is 0.478 e. The molecule has 1 aromatic heterocycles. The molecule has 6 heteroatoms. The van der Waals surface area contributed by atoms with Gasteiger partial charge in [0, 0.05) is 26.4 Å². The number of carboxylic acid groups (broad SMARTS) is 1. The van der Waals surface area contributed by atoms with Crippen molar-refractivity contribution in [3.8, 4) is 0 Å². The molecule has 0 radical (unpaired) electrons. The highest BCUT2D eigenvalue weighted by Gasteiger charge is 2.21. The van der Waals surface area contributed by atoms with Crippen LogP contribution in [0, 0.1) is 0 Å². The Labute approximate surface area is 117 Å². The molecular formula is C14H18N2O4. The quantitative estimate of drug-likeness (QED) is 0.901. The maximum Gasteiger partial charge on any atom is 0.335 e. The van der Waals surface area contributed by atoms with Gasteiger partial charge in [-0.2, -0.15) is 0 Å². The van der Waals surface area contributed by atoms with Crippen LogP contribution >= 0.6 is 0 Å². The Morgan fingerprint density at radius 2 is 2.30 bits per heavy atom. The van der Waals surface area contributed by atoms with E-state index < -0.39 is 5.97 Å². The summed E-state index contributed by atoms with van der Waals surface area (Å²) in [5.41, 5.74) is 0.203. The molecule has 1 atom stereocenters. The molecule has 6 nitrogen and oxygen atoms in total. The molecule has 2 rings (SSSR count). The molecule has 0 bridgehead atoms. The van der Waals surface area contributed by atoms with Crippen molar-refractivity contribution in [3.05, 3.63) is 29.6 Å². The van der Waals surface area contributed by atoms with Gasteiger partial charge in [-0.1, -0.05) is 0 Å². The topological polar surface area (TPSA) is 79.7 Å². The summed E-state index contributed by atoms with van der Waals surface area (Å²) in [6.45, 7) is 1.23. The summed E-state index contributed by atoms with van der Waals surface area (Å²) < 4.78 is 5.59. The zero-order valence-electron chi connectivity index (χ0n) is 11.4. The van der Waals surface area contributed by atoms with Crippen LogP contribution in [-0.4, -0.2) is 53.2 Å². The number of carbonyl (C=O) groups excluding carboxylic acids is 1. The van der Waals surface area contributed by atoms with E-state index in [9.17, 15) is 9.59 Å². The standard InChI is InChI=1S/C14H18N2O4/c1-16(9-11-4-2-3-7-20-11)13(17)12-8-10(14(18)19)5-6-15-12/h5-6,8,11H,2-4,7,9H2,1H3,(H,18,19). The lowest BCUT2D eigenvalue weighted by Crippen LogP contribution is -2.37. The molecule has 108 valence electrons. The van der Waals surface area contributed by atoms with E-state index >= 15 is 0 Å². The summed E-state index contributed by atoms with van der Waals surface area (Å²) >= 11 is 0. The van der Waals surface area contributed by atoms with E-state index in [0.29, 0.717) is 6.54 Å². The van der Waals surface area contributed by atoms with Crippen LogP contribution < -0.4 is 0 Å². The van der Waals surface area contributed by atoms with Crippen molar-refractivity contribution in [1.29, 1.82) is 0 Å². The predicted octanol–water partition coefficient (Wildman–Crippen LogP) is 1.42. The van der Waals surface area contributed by atoms with Crippen LogP contribution in [0.1, 0.15) is 40.1 Å². The lowest BCUT2D eigenvalue weighted by molar-refractivity contribution is -0.000293. The average Bonchev–Trinajstić information content (AvgIpc) is 2.47. The first-order chi connectivity index (χ1) is 9.58. The lowest BCUT2D eigenvalue weighted by Gasteiger charge is -2.27. The molecule has 1 aliphatic heterocycles. The minimum absolute atomic E-state index is 0.0559. The smallest absolute Gasteiger partial charge is 0.335 e. The van der Waals surface area contributed by atoms with Gasteiger partial charge >= 0.3 is 5.97 Å². The van der Waals surface area contributed by atoms with Crippen LogP contribution in [0.15, 0.2) is 18.3 Å². The zero-order chi connectivity index (χ0) is 14.5. The first-order valence-electron chi connectivity index (χ1n) is 6.64. The maximum absolute atomic E-state index is 12.2. The number of likely N-dealkylation sites (N-methyl/N-ethyl adjacent to an activating group) is 1. The molecule has 1 aliphatic rings. The van der Waals surface area contributed by atoms with Gasteiger partial charge in [-0.15, -0.1) is 0 Å². The molecule has 20 heavy (non-hydrogen) atoms. The number of ether oxygens (including phenoxy) is 1. The van der Waals surface area contributed by atoms with Gasteiger partial charge in [0.2, 0.25) is 0 Å². The number of hydrogen-bond donors (Lipinski definition) is 1. The molecule has 0 saturated carbocycles. The number of amides is 1. The third kappa shape index (κ3) is 3.54. The van der Waals surface area contributed by atoms with E-state index in [4.69, 9.17) is 9.84 Å². The van der Waals surface area contributed by atoms with Crippen LogP contribution in [0.2, 0.25) is 0 Å². The maximum atomic E-state index is 12.2. The average molecular weight is 278 g/mol. The molecule has 1 unspecified atom stereocenters. The summed E-state index contributed by atoms with van der Waals surface area (Å²) in [5.74, 6) is -1.36. The van der Waals surface area contributed by atoms with Crippen LogP contribution in [-0.2, 0) is 4.74 Å². The Bertz CT molecular complexity index is 498. The van der Waals surface area contributed by atoms with Crippen molar-refractivity contribution < 1.29 is 19.4 Å². The van der Waals surface area contributed by atoms with E-state index in [1.54, 1.807) is 7.05 Å². The van der Waals surface area contributed by atoms with Crippen molar-refractivity contribution >= 4 is 11.9 Å². The number of pyridine rings is 1. The second kappa shape index (κ2) is 6.47. The molecule has 1 aromatic rings. The number of rotatable bonds is 4. The monoisotopic (exact) mass is 278 g/mol. The van der Waals surface area contributed by atoms with Crippen LogP contribution in [0.4, 0.5) is 0 Å². The van der Waals surface area contributed by atoms with Crippen molar-refractivity contribution in [2.24, 2.45) is 0 Å². The molecule has 0 spiro atoms. The highest BCUT2D eigenvalue weighted by Crippen LogP contribution is 2.14. The summed E-state index contributed by atoms with van der Waals surface area (Å²) in [7, 11) is 1.68. The number of aromatic carboxylic acids is 1. The highest BCUT2D eigenvalue weighted by molar-refractivity contribution is 5.95. The molecule has 0 aromatic carbocycles. The second-order valence-corrected chi connectivity index (χ2v) is 4.91.